The molecule has 2 fully saturated rings. The van der Waals surface area contributed by atoms with Gasteiger partial charge in [-0.2, -0.15) is 0 Å². The highest BCUT2D eigenvalue weighted by Crippen LogP contribution is 2.40. The van der Waals surface area contributed by atoms with E-state index in [1.54, 1.807) is 0 Å². The highest BCUT2D eigenvalue weighted by Gasteiger charge is 2.40. The average Bonchev–Trinajstić information content (AvgIpc) is 3.19. The highest BCUT2D eigenvalue weighted by atomic mass is 16.5. The Morgan fingerprint density at radius 3 is 2.67 bits per heavy atom. The molecule has 3 atom stereocenters. The van der Waals surface area contributed by atoms with E-state index in [4.69, 9.17) is 4.74 Å². The molecule has 102 valence electrons. The van der Waals surface area contributed by atoms with Gasteiger partial charge in [0.1, 0.15) is 6.04 Å². The van der Waals surface area contributed by atoms with Gasteiger partial charge in [-0.15, -0.1) is 0 Å². The average molecular weight is 257 g/mol. The van der Waals surface area contributed by atoms with Gasteiger partial charge < -0.3 is 19.9 Å². The molecule has 2 aliphatic rings. The molecule has 0 aromatic carbocycles. The Hall–Kier alpha value is -1.30. The molecule has 0 radical (unpaired) electrons. The van der Waals surface area contributed by atoms with Crippen molar-refractivity contribution in [2.75, 3.05) is 13.7 Å². The van der Waals surface area contributed by atoms with Gasteiger partial charge >= 0.3 is 12.1 Å². The van der Waals surface area contributed by atoms with Crippen LogP contribution in [0.25, 0.3) is 0 Å². The molecule has 0 unspecified atom stereocenters. The second-order valence-corrected chi connectivity index (χ2v) is 4.98. The van der Waals surface area contributed by atoms with Crippen LogP contribution in [0.1, 0.15) is 25.7 Å². The Morgan fingerprint density at radius 2 is 2.11 bits per heavy atom. The smallest absolute Gasteiger partial charge is 0.407 e. The molecule has 0 bridgehead atoms. The van der Waals surface area contributed by atoms with Gasteiger partial charge in [0.15, 0.2) is 0 Å². The van der Waals surface area contributed by atoms with Gasteiger partial charge in [0.25, 0.3) is 0 Å². The third kappa shape index (κ3) is 3.13. The molecule has 1 saturated carbocycles. The van der Waals surface area contributed by atoms with E-state index in [1.807, 2.05) is 0 Å². The van der Waals surface area contributed by atoms with Gasteiger partial charge in [-0.3, -0.25) is 0 Å². The van der Waals surface area contributed by atoms with Crippen LogP contribution in [0.15, 0.2) is 0 Å². The third-order valence-electron chi connectivity index (χ3n) is 3.70. The minimum atomic E-state index is -1.01. The minimum Gasteiger partial charge on any atom is -0.480 e. The standard InChI is InChI=1S/C12H19NO5/c1-17-12(16)13-10(11(14)15)8-4-5-18-9(6-8)7-2-3-7/h7-10H,2-6H2,1H3,(H,13,16)(H,14,15)/t8-,9-,10-/m1/s1. The number of carbonyl (C=O) groups excluding carboxylic acids is 1. The van der Waals surface area contributed by atoms with E-state index < -0.39 is 18.1 Å². The van der Waals surface area contributed by atoms with Crippen molar-refractivity contribution < 1.29 is 24.2 Å². The van der Waals surface area contributed by atoms with Crippen molar-refractivity contribution in [3.63, 3.8) is 0 Å². The molecular weight excluding hydrogens is 238 g/mol. The highest BCUT2D eigenvalue weighted by molar-refractivity contribution is 5.80. The van der Waals surface area contributed by atoms with Crippen molar-refractivity contribution >= 4 is 12.1 Å². The fraction of sp³-hybridized carbons (Fsp3) is 0.833. The van der Waals surface area contributed by atoms with Crippen molar-refractivity contribution in [1.82, 2.24) is 5.32 Å². The summed E-state index contributed by atoms with van der Waals surface area (Å²) in [7, 11) is 1.23. The Bertz CT molecular complexity index is 328. The molecule has 1 saturated heterocycles. The maximum absolute atomic E-state index is 11.2. The molecular formula is C12H19NO5. The molecule has 1 aliphatic heterocycles. The summed E-state index contributed by atoms with van der Waals surface area (Å²) >= 11 is 0. The number of carboxylic acid groups (broad SMARTS) is 1. The van der Waals surface area contributed by atoms with Crippen molar-refractivity contribution in [1.29, 1.82) is 0 Å². The molecule has 1 heterocycles. The summed E-state index contributed by atoms with van der Waals surface area (Å²) < 4.78 is 10.1. The number of carboxylic acids is 1. The van der Waals surface area contributed by atoms with Crippen LogP contribution >= 0.6 is 0 Å². The zero-order chi connectivity index (χ0) is 13.1. The summed E-state index contributed by atoms with van der Waals surface area (Å²) in [6.45, 7) is 0.568. The second kappa shape index (κ2) is 5.56. The number of rotatable bonds is 4. The zero-order valence-corrected chi connectivity index (χ0v) is 10.4. The first-order chi connectivity index (χ1) is 8.61. The molecule has 1 amide bonds. The monoisotopic (exact) mass is 257 g/mol. The van der Waals surface area contributed by atoms with Gasteiger partial charge in [-0.25, -0.2) is 9.59 Å². The summed E-state index contributed by atoms with van der Waals surface area (Å²) in [6.07, 6.45) is 3.15. The normalized spacial score (nSPS) is 29.4. The number of ether oxygens (including phenoxy) is 2. The fourth-order valence-corrected chi connectivity index (χ4v) is 2.52. The summed E-state index contributed by atoms with van der Waals surface area (Å²) in [5.74, 6) is -0.511. The Balaban J connectivity index is 1.95. The van der Waals surface area contributed by atoms with Gasteiger partial charge in [-0.05, 0) is 37.5 Å². The van der Waals surface area contributed by atoms with Crippen LogP contribution in [-0.2, 0) is 14.3 Å². The van der Waals surface area contributed by atoms with Crippen LogP contribution in [0.5, 0.6) is 0 Å². The van der Waals surface area contributed by atoms with Gasteiger partial charge in [0, 0.05) is 6.61 Å². The molecule has 2 N–H and O–H groups in total. The van der Waals surface area contributed by atoms with Crippen molar-refractivity contribution in [3.8, 4) is 0 Å². The van der Waals surface area contributed by atoms with E-state index in [1.165, 1.54) is 20.0 Å². The number of aliphatic carboxylic acids is 1. The first-order valence-corrected chi connectivity index (χ1v) is 6.30. The fourth-order valence-electron chi connectivity index (χ4n) is 2.52. The minimum absolute atomic E-state index is 0.0825. The third-order valence-corrected chi connectivity index (χ3v) is 3.70. The van der Waals surface area contributed by atoms with E-state index in [9.17, 15) is 14.7 Å². The Kier molecular flexibility index (Phi) is 4.06. The number of hydrogen-bond acceptors (Lipinski definition) is 4. The molecule has 0 aromatic rings. The van der Waals surface area contributed by atoms with E-state index in [0.29, 0.717) is 25.4 Å². The molecule has 0 spiro atoms. The molecule has 2 rings (SSSR count). The number of amides is 1. The number of nitrogens with one attached hydrogen (secondary N) is 1. The Labute approximate surface area is 106 Å². The van der Waals surface area contributed by atoms with E-state index >= 15 is 0 Å². The van der Waals surface area contributed by atoms with Gasteiger partial charge in [0.05, 0.1) is 13.2 Å². The van der Waals surface area contributed by atoms with Crippen molar-refractivity contribution in [2.24, 2.45) is 11.8 Å². The van der Waals surface area contributed by atoms with E-state index in [0.717, 1.165) is 0 Å². The van der Waals surface area contributed by atoms with Gasteiger partial charge in [-0.1, -0.05) is 0 Å². The van der Waals surface area contributed by atoms with Crippen molar-refractivity contribution in [3.05, 3.63) is 0 Å². The predicted molar refractivity (Wildman–Crippen MR) is 62.2 cm³/mol. The van der Waals surface area contributed by atoms with Crippen LogP contribution in [0.2, 0.25) is 0 Å². The van der Waals surface area contributed by atoms with Crippen LogP contribution in [0.3, 0.4) is 0 Å². The lowest BCUT2D eigenvalue weighted by atomic mass is 9.87. The quantitative estimate of drug-likeness (QED) is 0.784. The van der Waals surface area contributed by atoms with Crippen LogP contribution in [0.4, 0.5) is 4.79 Å². The van der Waals surface area contributed by atoms with Crippen LogP contribution in [-0.4, -0.2) is 43.0 Å². The summed E-state index contributed by atoms with van der Waals surface area (Å²) in [6, 6.07) is -0.886. The molecule has 1 aliphatic carbocycles. The maximum atomic E-state index is 11.2. The summed E-state index contributed by atoms with van der Waals surface area (Å²) in [5.41, 5.74) is 0. The predicted octanol–water partition coefficient (Wildman–Crippen LogP) is 1.00. The lowest BCUT2D eigenvalue weighted by Crippen LogP contribution is -2.48. The number of alkyl carbamates (subject to hydrolysis) is 1. The maximum Gasteiger partial charge on any atom is 0.407 e. The lowest BCUT2D eigenvalue weighted by Gasteiger charge is -2.33. The first kappa shape index (κ1) is 13.1. The zero-order valence-electron chi connectivity index (χ0n) is 10.4. The molecule has 0 aromatic heterocycles. The number of methoxy groups -OCH3 is 1. The Morgan fingerprint density at radius 1 is 1.39 bits per heavy atom. The number of carbonyl (C=O) groups is 2. The SMILES string of the molecule is COC(=O)N[C@@H](C(=O)O)[C@@H]1CCO[C@@H](C2CC2)C1. The summed E-state index contributed by atoms with van der Waals surface area (Å²) in [5, 5.41) is 11.6. The largest absolute Gasteiger partial charge is 0.480 e. The molecule has 6 nitrogen and oxygen atoms in total. The van der Waals surface area contributed by atoms with Crippen molar-refractivity contribution in [2.45, 2.75) is 37.8 Å². The van der Waals surface area contributed by atoms with Gasteiger partial charge in [0.2, 0.25) is 0 Å². The van der Waals surface area contributed by atoms with Crippen LogP contribution in [0, 0.1) is 11.8 Å². The number of hydrogen-bond donors (Lipinski definition) is 2. The molecule has 18 heavy (non-hydrogen) atoms. The first-order valence-electron chi connectivity index (χ1n) is 6.30. The lowest BCUT2D eigenvalue weighted by molar-refractivity contribution is -0.142. The van der Waals surface area contributed by atoms with Crippen LogP contribution < -0.4 is 5.32 Å². The second-order valence-electron chi connectivity index (χ2n) is 4.98. The van der Waals surface area contributed by atoms with E-state index in [2.05, 4.69) is 10.1 Å². The summed E-state index contributed by atoms with van der Waals surface area (Å²) in [4.78, 5) is 22.4. The van der Waals surface area contributed by atoms with E-state index in [-0.39, 0.29) is 12.0 Å². The topological polar surface area (TPSA) is 84.9 Å². The molecule has 6 heteroatoms.